The Balaban J connectivity index is 1.53. The van der Waals surface area contributed by atoms with E-state index in [4.69, 9.17) is 8.94 Å². The predicted octanol–water partition coefficient (Wildman–Crippen LogP) is 3.74. The third kappa shape index (κ3) is 4.81. The summed E-state index contributed by atoms with van der Waals surface area (Å²) in [6.45, 7) is 3.37. The number of hydrogen-bond acceptors (Lipinski definition) is 5. The van der Waals surface area contributed by atoms with Gasteiger partial charge in [-0.05, 0) is 30.5 Å². The van der Waals surface area contributed by atoms with Crippen molar-refractivity contribution < 1.29 is 13.7 Å². The van der Waals surface area contributed by atoms with E-state index >= 15 is 0 Å². The fraction of sp³-hybridized carbons (Fsp3) is 0.350. The Bertz CT molecular complexity index is 797. The minimum atomic E-state index is 0.154. The molecular formula is C20H23N3O3. The van der Waals surface area contributed by atoms with E-state index in [1.165, 1.54) is 5.56 Å². The third-order valence-corrected chi connectivity index (χ3v) is 4.12. The molecule has 0 radical (unpaired) electrons. The fourth-order valence-corrected chi connectivity index (χ4v) is 2.78. The second-order valence-electron chi connectivity index (χ2n) is 6.11. The maximum Gasteiger partial charge on any atom is 0.238 e. The SMILES string of the molecule is CCCN(CCc1nc(-c2ccco2)no1)C(=O)CCc1ccccc1. The molecule has 0 aliphatic rings. The van der Waals surface area contributed by atoms with E-state index in [-0.39, 0.29) is 5.91 Å². The highest BCUT2D eigenvalue weighted by atomic mass is 16.5. The minimum absolute atomic E-state index is 0.154. The molecular weight excluding hydrogens is 330 g/mol. The average Bonchev–Trinajstić information content (AvgIpc) is 3.35. The number of amides is 1. The monoisotopic (exact) mass is 353 g/mol. The van der Waals surface area contributed by atoms with Crippen LogP contribution in [0, 0.1) is 0 Å². The lowest BCUT2D eigenvalue weighted by molar-refractivity contribution is -0.131. The van der Waals surface area contributed by atoms with Crippen LogP contribution >= 0.6 is 0 Å². The van der Waals surface area contributed by atoms with Crippen LogP contribution in [0.2, 0.25) is 0 Å². The van der Waals surface area contributed by atoms with Crippen LogP contribution in [0.3, 0.4) is 0 Å². The molecule has 0 spiro atoms. The van der Waals surface area contributed by atoms with Gasteiger partial charge in [0, 0.05) is 25.9 Å². The van der Waals surface area contributed by atoms with Crippen molar-refractivity contribution in [1.82, 2.24) is 15.0 Å². The first-order valence-corrected chi connectivity index (χ1v) is 8.94. The van der Waals surface area contributed by atoms with Crippen molar-refractivity contribution in [2.24, 2.45) is 0 Å². The van der Waals surface area contributed by atoms with Gasteiger partial charge in [-0.3, -0.25) is 4.79 Å². The second-order valence-corrected chi connectivity index (χ2v) is 6.11. The summed E-state index contributed by atoms with van der Waals surface area (Å²) < 4.78 is 10.5. The number of furan rings is 1. The normalized spacial score (nSPS) is 10.8. The first kappa shape index (κ1) is 17.9. The summed E-state index contributed by atoms with van der Waals surface area (Å²) in [5.74, 6) is 1.67. The van der Waals surface area contributed by atoms with Crippen LogP contribution in [0.5, 0.6) is 0 Å². The number of carbonyl (C=O) groups is 1. The number of aromatic nitrogens is 2. The van der Waals surface area contributed by atoms with Crippen LogP contribution in [0.4, 0.5) is 0 Å². The molecule has 3 rings (SSSR count). The van der Waals surface area contributed by atoms with Crippen molar-refractivity contribution in [1.29, 1.82) is 0 Å². The summed E-state index contributed by atoms with van der Waals surface area (Å²) in [5.41, 5.74) is 1.18. The Labute approximate surface area is 152 Å². The highest BCUT2D eigenvalue weighted by Crippen LogP contribution is 2.16. The molecule has 0 aliphatic heterocycles. The second kappa shape index (κ2) is 8.99. The number of hydrogen-bond donors (Lipinski definition) is 0. The van der Waals surface area contributed by atoms with E-state index in [2.05, 4.69) is 17.1 Å². The van der Waals surface area contributed by atoms with Crippen molar-refractivity contribution in [2.45, 2.75) is 32.6 Å². The smallest absolute Gasteiger partial charge is 0.238 e. The van der Waals surface area contributed by atoms with Gasteiger partial charge >= 0.3 is 0 Å². The first-order chi connectivity index (χ1) is 12.8. The van der Waals surface area contributed by atoms with E-state index in [1.54, 1.807) is 18.4 Å². The van der Waals surface area contributed by atoms with Gasteiger partial charge in [0.25, 0.3) is 0 Å². The number of benzene rings is 1. The Morgan fingerprint density at radius 1 is 1.08 bits per heavy atom. The van der Waals surface area contributed by atoms with Gasteiger partial charge in [0.05, 0.1) is 6.26 Å². The Morgan fingerprint density at radius 2 is 1.92 bits per heavy atom. The van der Waals surface area contributed by atoms with Gasteiger partial charge < -0.3 is 13.8 Å². The molecule has 26 heavy (non-hydrogen) atoms. The van der Waals surface area contributed by atoms with Gasteiger partial charge in [-0.1, -0.05) is 42.4 Å². The van der Waals surface area contributed by atoms with Crippen LogP contribution in [-0.4, -0.2) is 34.0 Å². The molecule has 0 fully saturated rings. The highest BCUT2D eigenvalue weighted by Gasteiger charge is 2.16. The predicted molar refractivity (Wildman–Crippen MR) is 97.3 cm³/mol. The van der Waals surface area contributed by atoms with Crippen LogP contribution < -0.4 is 0 Å². The maximum absolute atomic E-state index is 12.6. The maximum atomic E-state index is 12.6. The van der Waals surface area contributed by atoms with E-state index in [9.17, 15) is 4.79 Å². The van der Waals surface area contributed by atoms with Crippen molar-refractivity contribution in [3.63, 3.8) is 0 Å². The standard InChI is InChI=1S/C20H23N3O3/c1-2-13-23(19(24)11-10-16-7-4-3-5-8-16)14-12-18-21-20(22-26-18)17-9-6-15-25-17/h3-9,15H,2,10-14H2,1H3. The van der Waals surface area contributed by atoms with E-state index in [0.29, 0.717) is 36.9 Å². The van der Waals surface area contributed by atoms with E-state index in [0.717, 1.165) is 19.4 Å². The van der Waals surface area contributed by atoms with Gasteiger partial charge in [0.2, 0.25) is 17.6 Å². The van der Waals surface area contributed by atoms with Gasteiger partial charge in [0.1, 0.15) is 0 Å². The summed E-state index contributed by atoms with van der Waals surface area (Å²) in [6, 6.07) is 13.6. The van der Waals surface area contributed by atoms with Crippen LogP contribution in [-0.2, 0) is 17.6 Å². The minimum Gasteiger partial charge on any atom is -0.461 e. The summed E-state index contributed by atoms with van der Waals surface area (Å²) in [6.07, 6.45) is 4.28. The van der Waals surface area contributed by atoms with Crippen LogP contribution in [0.25, 0.3) is 11.6 Å². The molecule has 0 saturated heterocycles. The Morgan fingerprint density at radius 3 is 2.65 bits per heavy atom. The molecule has 6 nitrogen and oxygen atoms in total. The number of nitrogens with zero attached hydrogens (tertiary/aromatic N) is 3. The molecule has 2 heterocycles. The molecule has 1 amide bonds. The Hall–Kier alpha value is -2.89. The summed E-state index contributed by atoms with van der Waals surface area (Å²) in [4.78, 5) is 18.8. The van der Waals surface area contributed by atoms with Gasteiger partial charge in [-0.25, -0.2) is 0 Å². The van der Waals surface area contributed by atoms with Crippen molar-refractivity contribution in [3.8, 4) is 11.6 Å². The van der Waals surface area contributed by atoms with Crippen LogP contribution in [0.1, 0.15) is 31.2 Å². The molecule has 1 aromatic carbocycles. The first-order valence-electron chi connectivity index (χ1n) is 8.94. The van der Waals surface area contributed by atoms with Crippen molar-refractivity contribution in [3.05, 3.63) is 60.2 Å². The molecule has 0 saturated carbocycles. The molecule has 2 aromatic heterocycles. The third-order valence-electron chi connectivity index (χ3n) is 4.12. The summed E-state index contributed by atoms with van der Waals surface area (Å²) in [5, 5.41) is 3.92. The molecule has 0 bridgehead atoms. The highest BCUT2D eigenvalue weighted by molar-refractivity contribution is 5.76. The molecule has 3 aromatic rings. The lowest BCUT2D eigenvalue weighted by Gasteiger charge is -2.21. The lowest BCUT2D eigenvalue weighted by atomic mass is 10.1. The average molecular weight is 353 g/mol. The number of aryl methyl sites for hydroxylation is 1. The van der Waals surface area contributed by atoms with Gasteiger partial charge in [-0.15, -0.1) is 0 Å². The zero-order valence-electron chi connectivity index (χ0n) is 14.9. The molecule has 0 N–H and O–H groups in total. The van der Waals surface area contributed by atoms with E-state index in [1.807, 2.05) is 35.2 Å². The number of carbonyl (C=O) groups excluding carboxylic acids is 1. The molecule has 0 unspecified atom stereocenters. The Kier molecular flexibility index (Phi) is 6.19. The van der Waals surface area contributed by atoms with E-state index < -0.39 is 0 Å². The largest absolute Gasteiger partial charge is 0.461 e. The van der Waals surface area contributed by atoms with Crippen molar-refractivity contribution in [2.75, 3.05) is 13.1 Å². The zero-order valence-corrected chi connectivity index (χ0v) is 14.9. The quantitative estimate of drug-likeness (QED) is 0.586. The zero-order chi connectivity index (χ0) is 18.2. The topological polar surface area (TPSA) is 72.4 Å². The lowest BCUT2D eigenvalue weighted by Crippen LogP contribution is -2.33. The van der Waals surface area contributed by atoms with Crippen LogP contribution in [0.15, 0.2) is 57.7 Å². The number of rotatable bonds is 9. The molecule has 0 aliphatic carbocycles. The van der Waals surface area contributed by atoms with Crippen molar-refractivity contribution >= 4 is 5.91 Å². The molecule has 6 heteroatoms. The van der Waals surface area contributed by atoms with Gasteiger partial charge in [0.15, 0.2) is 5.76 Å². The summed E-state index contributed by atoms with van der Waals surface area (Å²) >= 11 is 0. The molecule has 0 atom stereocenters. The van der Waals surface area contributed by atoms with Gasteiger partial charge in [-0.2, -0.15) is 4.98 Å². The molecule has 136 valence electrons. The summed E-state index contributed by atoms with van der Waals surface area (Å²) in [7, 11) is 0. The fourth-order valence-electron chi connectivity index (χ4n) is 2.78.